The van der Waals surface area contributed by atoms with Crippen LogP contribution in [0.15, 0.2) is 0 Å². The number of aliphatic hydroxyl groups excluding tert-OH is 1. The molecule has 2 aliphatic rings. The number of rotatable bonds is 4. The summed E-state index contributed by atoms with van der Waals surface area (Å²) in [5.74, 6) is -0.148. The number of piperidine rings is 1. The highest BCUT2D eigenvalue weighted by atomic mass is 16.6. The average Bonchev–Trinajstić information content (AvgIpc) is 2.46. The SMILES string of the molecule is CN(CC(=O)OC(C)(C)C)C1CCN([C@H]2CCCC[C@H]2O)CC1. The van der Waals surface area contributed by atoms with E-state index in [1.807, 2.05) is 27.8 Å². The maximum atomic E-state index is 12.0. The standard InChI is InChI=1S/C18H34N2O3/c1-18(2,3)23-17(22)13-19(4)14-9-11-20(12-10-14)15-7-5-6-8-16(15)21/h14-16,21H,5-13H2,1-4H3/t15-,16+/m0/s1. The summed E-state index contributed by atoms with van der Waals surface area (Å²) in [5, 5.41) is 10.2. The first kappa shape index (κ1) is 18.7. The number of esters is 1. The lowest BCUT2D eigenvalue weighted by molar-refractivity contribution is -0.156. The number of likely N-dealkylation sites (N-methyl/N-ethyl adjacent to an activating group) is 1. The lowest BCUT2D eigenvalue weighted by Crippen LogP contribution is -2.52. The van der Waals surface area contributed by atoms with Crippen LogP contribution in [0.2, 0.25) is 0 Å². The summed E-state index contributed by atoms with van der Waals surface area (Å²) in [4.78, 5) is 16.5. The molecule has 5 nitrogen and oxygen atoms in total. The number of hydrogen-bond acceptors (Lipinski definition) is 5. The number of hydrogen-bond donors (Lipinski definition) is 1. The number of aliphatic hydroxyl groups is 1. The van der Waals surface area contributed by atoms with Gasteiger partial charge in [-0.15, -0.1) is 0 Å². The van der Waals surface area contributed by atoms with Crippen molar-refractivity contribution in [3.8, 4) is 0 Å². The van der Waals surface area contributed by atoms with Gasteiger partial charge in [0.15, 0.2) is 0 Å². The van der Waals surface area contributed by atoms with Crippen molar-refractivity contribution in [1.29, 1.82) is 0 Å². The van der Waals surface area contributed by atoms with E-state index in [4.69, 9.17) is 4.74 Å². The van der Waals surface area contributed by atoms with E-state index in [-0.39, 0.29) is 12.1 Å². The highest BCUT2D eigenvalue weighted by Gasteiger charge is 2.32. The number of carbonyl (C=O) groups is 1. The molecule has 1 aliphatic carbocycles. The largest absolute Gasteiger partial charge is 0.459 e. The van der Waals surface area contributed by atoms with Crippen molar-refractivity contribution >= 4 is 5.97 Å². The monoisotopic (exact) mass is 326 g/mol. The highest BCUT2D eigenvalue weighted by Crippen LogP contribution is 2.26. The van der Waals surface area contributed by atoms with Crippen molar-refractivity contribution in [3.63, 3.8) is 0 Å². The molecule has 0 aromatic rings. The quantitative estimate of drug-likeness (QED) is 0.801. The second kappa shape index (κ2) is 7.95. The molecule has 1 saturated carbocycles. The normalized spacial score (nSPS) is 28.1. The molecule has 23 heavy (non-hydrogen) atoms. The van der Waals surface area contributed by atoms with Crippen LogP contribution in [0.4, 0.5) is 0 Å². The van der Waals surface area contributed by atoms with Crippen LogP contribution in [0.5, 0.6) is 0 Å². The Morgan fingerprint density at radius 2 is 1.78 bits per heavy atom. The van der Waals surface area contributed by atoms with Gasteiger partial charge in [-0.3, -0.25) is 14.6 Å². The Kier molecular flexibility index (Phi) is 6.46. The second-order valence-corrected chi connectivity index (χ2v) is 8.19. The fourth-order valence-corrected chi connectivity index (χ4v) is 3.88. The molecule has 1 aliphatic heterocycles. The van der Waals surface area contributed by atoms with Gasteiger partial charge in [-0.2, -0.15) is 0 Å². The average molecular weight is 326 g/mol. The van der Waals surface area contributed by atoms with Crippen LogP contribution in [0.25, 0.3) is 0 Å². The van der Waals surface area contributed by atoms with E-state index >= 15 is 0 Å². The van der Waals surface area contributed by atoms with Crippen molar-refractivity contribution in [2.24, 2.45) is 0 Å². The minimum absolute atomic E-state index is 0.148. The number of ether oxygens (including phenoxy) is 1. The predicted molar refractivity (Wildman–Crippen MR) is 91.3 cm³/mol. The molecule has 0 amide bonds. The van der Waals surface area contributed by atoms with Crippen molar-refractivity contribution < 1.29 is 14.6 Å². The van der Waals surface area contributed by atoms with Gasteiger partial charge in [0.1, 0.15) is 5.60 Å². The third kappa shape index (κ3) is 5.73. The Labute approximate surface area is 141 Å². The van der Waals surface area contributed by atoms with E-state index in [0.29, 0.717) is 18.6 Å². The zero-order valence-corrected chi connectivity index (χ0v) is 15.3. The molecule has 1 saturated heterocycles. The molecule has 2 fully saturated rings. The Bertz CT molecular complexity index is 386. The van der Waals surface area contributed by atoms with Gasteiger partial charge in [0, 0.05) is 25.2 Å². The van der Waals surface area contributed by atoms with Crippen LogP contribution >= 0.6 is 0 Å². The van der Waals surface area contributed by atoms with Gasteiger partial charge in [0.05, 0.1) is 12.6 Å². The maximum Gasteiger partial charge on any atom is 0.320 e. The summed E-state index contributed by atoms with van der Waals surface area (Å²) >= 11 is 0. The third-order valence-electron chi connectivity index (χ3n) is 5.08. The first-order chi connectivity index (χ1) is 10.8. The molecule has 5 heteroatoms. The molecule has 0 spiro atoms. The molecule has 0 aromatic heterocycles. The van der Waals surface area contributed by atoms with Gasteiger partial charge < -0.3 is 9.84 Å². The van der Waals surface area contributed by atoms with Crippen molar-refractivity contribution in [2.45, 2.75) is 83.1 Å². The Balaban J connectivity index is 1.76. The molecular formula is C18H34N2O3. The molecule has 0 aromatic carbocycles. The zero-order valence-electron chi connectivity index (χ0n) is 15.3. The summed E-state index contributed by atoms with van der Waals surface area (Å²) in [6.07, 6.45) is 6.43. The van der Waals surface area contributed by atoms with Crippen LogP contribution in [0.1, 0.15) is 59.3 Å². The van der Waals surface area contributed by atoms with Crippen LogP contribution in [0.3, 0.4) is 0 Å². The Morgan fingerprint density at radius 3 is 2.35 bits per heavy atom. The lowest BCUT2D eigenvalue weighted by Gasteiger charge is -2.43. The van der Waals surface area contributed by atoms with Gasteiger partial charge in [0.25, 0.3) is 0 Å². The lowest BCUT2D eigenvalue weighted by atomic mass is 9.89. The fraction of sp³-hybridized carbons (Fsp3) is 0.944. The van der Waals surface area contributed by atoms with E-state index in [1.165, 1.54) is 6.42 Å². The highest BCUT2D eigenvalue weighted by molar-refractivity contribution is 5.72. The second-order valence-electron chi connectivity index (χ2n) is 8.19. The zero-order chi connectivity index (χ0) is 17.0. The summed E-state index contributed by atoms with van der Waals surface area (Å²) < 4.78 is 5.41. The van der Waals surface area contributed by atoms with Crippen molar-refractivity contribution in [1.82, 2.24) is 9.80 Å². The van der Waals surface area contributed by atoms with Gasteiger partial charge in [-0.1, -0.05) is 12.8 Å². The van der Waals surface area contributed by atoms with Crippen molar-refractivity contribution in [3.05, 3.63) is 0 Å². The molecule has 0 radical (unpaired) electrons. The Morgan fingerprint density at radius 1 is 1.17 bits per heavy atom. The molecule has 0 bridgehead atoms. The van der Waals surface area contributed by atoms with E-state index < -0.39 is 5.60 Å². The molecule has 0 unspecified atom stereocenters. The van der Waals surface area contributed by atoms with Gasteiger partial charge in [-0.05, 0) is 53.5 Å². The van der Waals surface area contributed by atoms with Crippen LogP contribution in [0, 0.1) is 0 Å². The fourth-order valence-electron chi connectivity index (χ4n) is 3.88. The smallest absolute Gasteiger partial charge is 0.320 e. The van der Waals surface area contributed by atoms with E-state index in [9.17, 15) is 9.90 Å². The van der Waals surface area contributed by atoms with Crippen molar-refractivity contribution in [2.75, 3.05) is 26.7 Å². The summed E-state index contributed by atoms with van der Waals surface area (Å²) in [6.45, 7) is 8.10. The van der Waals surface area contributed by atoms with E-state index in [0.717, 1.165) is 45.2 Å². The van der Waals surface area contributed by atoms with Gasteiger partial charge in [-0.25, -0.2) is 0 Å². The molecule has 2 rings (SSSR count). The Hall–Kier alpha value is -0.650. The number of carbonyl (C=O) groups excluding carboxylic acids is 1. The minimum Gasteiger partial charge on any atom is -0.459 e. The summed E-state index contributed by atoms with van der Waals surface area (Å²) in [7, 11) is 2.01. The summed E-state index contributed by atoms with van der Waals surface area (Å²) in [6, 6.07) is 0.778. The summed E-state index contributed by atoms with van der Waals surface area (Å²) in [5.41, 5.74) is -0.418. The first-order valence-electron chi connectivity index (χ1n) is 9.10. The topological polar surface area (TPSA) is 53.0 Å². The number of nitrogens with zero attached hydrogens (tertiary/aromatic N) is 2. The molecule has 1 heterocycles. The van der Waals surface area contributed by atoms with Crippen LogP contribution in [-0.4, -0.2) is 71.3 Å². The third-order valence-corrected chi connectivity index (χ3v) is 5.08. The van der Waals surface area contributed by atoms with E-state index in [2.05, 4.69) is 9.80 Å². The van der Waals surface area contributed by atoms with Crippen LogP contribution in [-0.2, 0) is 9.53 Å². The first-order valence-corrected chi connectivity index (χ1v) is 9.10. The molecular weight excluding hydrogens is 292 g/mol. The predicted octanol–water partition coefficient (Wildman–Crippen LogP) is 2.03. The van der Waals surface area contributed by atoms with Crippen LogP contribution < -0.4 is 0 Å². The molecule has 1 N–H and O–H groups in total. The van der Waals surface area contributed by atoms with Gasteiger partial charge >= 0.3 is 5.97 Å². The molecule has 2 atom stereocenters. The van der Waals surface area contributed by atoms with Gasteiger partial charge in [0.2, 0.25) is 0 Å². The molecule has 134 valence electrons. The van der Waals surface area contributed by atoms with E-state index in [1.54, 1.807) is 0 Å². The minimum atomic E-state index is -0.418. The maximum absolute atomic E-state index is 12.0. The number of likely N-dealkylation sites (tertiary alicyclic amines) is 1.